The van der Waals surface area contributed by atoms with E-state index in [9.17, 15) is 14.0 Å². The monoisotopic (exact) mass is 400 g/mol. The van der Waals surface area contributed by atoms with Crippen LogP contribution in [0.4, 0.5) is 20.6 Å². The third-order valence-corrected chi connectivity index (χ3v) is 4.20. The van der Waals surface area contributed by atoms with Crippen molar-refractivity contribution in [3.63, 3.8) is 0 Å². The lowest BCUT2D eigenvalue weighted by atomic mass is 10.2. The fraction of sp³-hybridized carbons (Fsp3) is 0.263. The minimum Gasteiger partial charge on any atom is -0.442 e. The SMILES string of the molecule is CC(=O)NC[C@H]1CN(c2ccc(N=CC(=CN)Cn3ccnc3)c(F)c2)C(=O)O1. The Labute approximate surface area is 166 Å². The second kappa shape index (κ2) is 9.00. The summed E-state index contributed by atoms with van der Waals surface area (Å²) in [6.45, 7) is 2.25. The molecule has 0 bridgehead atoms. The number of allylic oxidation sites excluding steroid dienone is 1. The first-order valence-electron chi connectivity index (χ1n) is 8.89. The molecule has 1 aromatic heterocycles. The van der Waals surface area contributed by atoms with E-state index in [1.54, 1.807) is 29.4 Å². The number of nitrogens with zero attached hydrogens (tertiary/aromatic N) is 4. The first-order chi connectivity index (χ1) is 14.0. The molecule has 3 N–H and O–H groups in total. The number of anilines is 1. The van der Waals surface area contributed by atoms with Gasteiger partial charge in [-0.25, -0.2) is 14.2 Å². The van der Waals surface area contributed by atoms with E-state index in [0.717, 1.165) is 0 Å². The fourth-order valence-electron chi connectivity index (χ4n) is 2.74. The van der Waals surface area contributed by atoms with Crippen LogP contribution in [0.5, 0.6) is 0 Å². The molecule has 3 rings (SSSR count). The van der Waals surface area contributed by atoms with Crippen molar-refractivity contribution >= 4 is 29.6 Å². The standard InChI is InChI=1S/C19H21FN6O3/c1-13(27)23-9-16-11-26(19(28)29-16)15-2-3-18(17(20)6-15)24-8-14(7-21)10-25-5-4-22-12-25/h2-8,12,16H,9-11,21H2,1H3,(H,23,27)/t16-/m0/s1. The van der Waals surface area contributed by atoms with Gasteiger partial charge in [-0.1, -0.05) is 0 Å². The van der Waals surface area contributed by atoms with Crippen LogP contribution < -0.4 is 16.0 Å². The van der Waals surface area contributed by atoms with E-state index in [4.69, 9.17) is 10.5 Å². The van der Waals surface area contributed by atoms with Gasteiger partial charge in [0.25, 0.3) is 0 Å². The molecule has 1 fully saturated rings. The number of rotatable bonds is 7. The van der Waals surface area contributed by atoms with Crippen LogP contribution in [-0.4, -0.2) is 47.0 Å². The average Bonchev–Trinajstić information content (AvgIpc) is 3.33. The smallest absolute Gasteiger partial charge is 0.414 e. The molecular formula is C19H21FN6O3. The minimum atomic E-state index is -0.593. The van der Waals surface area contributed by atoms with E-state index >= 15 is 0 Å². The number of cyclic esters (lactones) is 1. The quantitative estimate of drug-likeness (QED) is 0.687. The molecule has 1 aliphatic heterocycles. The van der Waals surface area contributed by atoms with E-state index in [0.29, 0.717) is 17.8 Å². The zero-order chi connectivity index (χ0) is 20.8. The van der Waals surface area contributed by atoms with Crippen LogP contribution in [0.15, 0.2) is 53.7 Å². The Kier molecular flexibility index (Phi) is 6.22. The molecule has 2 amide bonds. The van der Waals surface area contributed by atoms with Crippen molar-refractivity contribution in [2.75, 3.05) is 18.0 Å². The summed E-state index contributed by atoms with van der Waals surface area (Å²) >= 11 is 0. The molecule has 1 saturated heterocycles. The highest BCUT2D eigenvalue weighted by molar-refractivity contribution is 5.90. The molecule has 0 radical (unpaired) electrons. The second-order valence-electron chi connectivity index (χ2n) is 6.42. The van der Waals surface area contributed by atoms with E-state index in [-0.39, 0.29) is 24.7 Å². The van der Waals surface area contributed by atoms with Gasteiger partial charge in [0.1, 0.15) is 6.10 Å². The lowest BCUT2D eigenvalue weighted by Gasteiger charge is -2.13. The van der Waals surface area contributed by atoms with Gasteiger partial charge in [0.2, 0.25) is 5.91 Å². The van der Waals surface area contributed by atoms with Gasteiger partial charge in [-0.15, -0.1) is 0 Å². The van der Waals surface area contributed by atoms with Crippen LogP contribution in [0.2, 0.25) is 0 Å². The molecule has 1 aliphatic rings. The zero-order valence-electron chi connectivity index (χ0n) is 15.8. The maximum Gasteiger partial charge on any atom is 0.414 e. The molecule has 1 aromatic carbocycles. The van der Waals surface area contributed by atoms with Crippen LogP contribution in [0, 0.1) is 5.82 Å². The Bertz CT molecular complexity index is 941. The maximum absolute atomic E-state index is 14.5. The third kappa shape index (κ3) is 5.18. The lowest BCUT2D eigenvalue weighted by molar-refractivity contribution is -0.119. The number of ether oxygens (including phenoxy) is 1. The molecule has 1 atom stereocenters. The number of benzene rings is 1. The van der Waals surface area contributed by atoms with Crippen molar-refractivity contribution < 1.29 is 18.7 Å². The van der Waals surface area contributed by atoms with Crippen LogP contribution in [0.1, 0.15) is 6.92 Å². The van der Waals surface area contributed by atoms with Gasteiger partial charge in [0.05, 0.1) is 37.3 Å². The Hall–Kier alpha value is -3.69. The number of nitrogens with one attached hydrogen (secondary N) is 1. The number of carbonyl (C=O) groups excluding carboxylic acids is 2. The molecule has 2 aromatic rings. The van der Waals surface area contributed by atoms with E-state index in [1.165, 1.54) is 36.4 Å². The molecule has 0 aliphatic carbocycles. The molecule has 0 spiro atoms. The van der Waals surface area contributed by atoms with E-state index in [1.807, 2.05) is 0 Å². The van der Waals surface area contributed by atoms with Gasteiger partial charge in [-0.05, 0) is 18.2 Å². The number of amides is 2. The molecule has 2 heterocycles. The Morgan fingerprint density at radius 1 is 1.52 bits per heavy atom. The number of aromatic nitrogens is 2. The highest BCUT2D eigenvalue weighted by Gasteiger charge is 2.32. The summed E-state index contributed by atoms with van der Waals surface area (Å²) in [5.74, 6) is -0.803. The highest BCUT2D eigenvalue weighted by atomic mass is 19.1. The summed E-state index contributed by atoms with van der Waals surface area (Å²) in [7, 11) is 0. The van der Waals surface area contributed by atoms with Gasteiger partial charge in [0.15, 0.2) is 5.82 Å². The summed E-state index contributed by atoms with van der Waals surface area (Å²) in [6, 6.07) is 4.27. The van der Waals surface area contributed by atoms with Crippen molar-refractivity contribution in [2.24, 2.45) is 10.7 Å². The Morgan fingerprint density at radius 3 is 3.00 bits per heavy atom. The fourth-order valence-corrected chi connectivity index (χ4v) is 2.74. The average molecular weight is 400 g/mol. The second-order valence-corrected chi connectivity index (χ2v) is 6.42. The molecule has 0 saturated carbocycles. The summed E-state index contributed by atoms with van der Waals surface area (Å²) in [6.07, 6.45) is 6.85. The first kappa shape index (κ1) is 20.1. The molecular weight excluding hydrogens is 379 g/mol. The third-order valence-electron chi connectivity index (χ3n) is 4.20. The highest BCUT2D eigenvalue weighted by Crippen LogP contribution is 2.27. The number of hydrogen-bond acceptors (Lipinski definition) is 6. The predicted molar refractivity (Wildman–Crippen MR) is 105 cm³/mol. The largest absolute Gasteiger partial charge is 0.442 e. The van der Waals surface area contributed by atoms with Gasteiger partial charge < -0.3 is 20.4 Å². The number of halogens is 1. The van der Waals surface area contributed by atoms with Gasteiger partial charge in [-0.3, -0.25) is 14.7 Å². The molecule has 29 heavy (non-hydrogen) atoms. The zero-order valence-corrected chi connectivity index (χ0v) is 15.8. The molecule has 10 heteroatoms. The lowest BCUT2D eigenvalue weighted by Crippen LogP contribution is -2.33. The Morgan fingerprint density at radius 2 is 2.34 bits per heavy atom. The van der Waals surface area contributed by atoms with Gasteiger partial charge in [-0.2, -0.15) is 0 Å². The van der Waals surface area contributed by atoms with Crippen LogP contribution >= 0.6 is 0 Å². The van der Waals surface area contributed by atoms with Crippen LogP contribution in [0.25, 0.3) is 0 Å². The maximum atomic E-state index is 14.5. The van der Waals surface area contributed by atoms with Crippen LogP contribution in [0.3, 0.4) is 0 Å². The molecule has 152 valence electrons. The summed E-state index contributed by atoms with van der Waals surface area (Å²) in [5.41, 5.74) is 6.74. The van der Waals surface area contributed by atoms with Crippen molar-refractivity contribution in [1.82, 2.24) is 14.9 Å². The van der Waals surface area contributed by atoms with Gasteiger partial charge in [0, 0.05) is 37.3 Å². The van der Waals surface area contributed by atoms with Crippen molar-refractivity contribution in [2.45, 2.75) is 19.6 Å². The first-order valence-corrected chi connectivity index (χ1v) is 8.89. The van der Waals surface area contributed by atoms with E-state index < -0.39 is 18.0 Å². The number of aliphatic imine (C=N–C) groups is 1. The number of hydrogen-bond donors (Lipinski definition) is 2. The predicted octanol–water partition coefficient (Wildman–Crippen LogP) is 1.73. The number of imidazole rings is 1. The normalized spacial score (nSPS) is 17.0. The van der Waals surface area contributed by atoms with Gasteiger partial charge >= 0.3 is 6.09 Å². The summed E-state index contributed by atoms with van der Waals surface area (Å²) in [4.78, 5) is 32.4. The van der Waals surface area contributed by atoms with Crippen molar-refractivity contribution in [3.8, 4) is 0 Å². The Balaban J connectivity index is 1.67. The van der Waals surface area contributed by atoms with Crippen molar-refractivity contribution in [1.29, 1.82) is 0 Å². The molecule has 0 unspecified atom stereocenters. The number of carbonyl (C=O) groups is 2. The summed E-state index contributed by atoms with van der Waals surface area (Å²) in [5, 5.41) is 2.59. The van der Waals surface area contributed by atoms with Crippen molar-refractivity contribution in [3.05, 3.63) is 54.5 Å². The summed E-state index contributed by atoms with van der Waals surface area (Å²) < 4.78 is 21.5. The topological polar surface area (TPSA) is 115 Å². The molecule has 9 nitrogen and oxygen atoms in total. The van der Waals surface area contributed by atoms with Crippen LogP contribution in [-0.2, 0) is 16.1 Å². The number of nitrogens with two attached hydrogens (primary N) is 1. The van der Waals surface area contributed by atoms with E-state index in [2.05, 4.69) is 15.3 Å². The minimum absolute atomic E-state index is 0.112.